The topological polar surface area (TPSA) is 96.4 Å². The van der Waals surface area contributed by atoms with Gasteiger partial charge in [-0.25, -0.2) is 4.79 Å². The predicted octanol–water partition coefficient (Wildman–Crippen LogP) is -0.0399. The summed E-state index contributed by atoms with van der Waals surface area (Å²) in [5.74, 6) is -0.834. The van der Waals surface area contributed by atoms with Gasteiger partial charge in [0.2, 0.25) is 0 Å². The number of hydrogen-bond donors (Lipinski definition) is 1. The number of anilines is 1. The summed E-state index contributed by atoms with van der Waals surface area (Å²) in [6, 6.07) is 1.56. The van der Waals surface area contributed by atoms with Gasteiger partial charge >= 0.3 is 11.9 Å². The standard InChI is InChI=1S/C10H15N3O4/c1-7(2)17-10(15)6-16-9(14)5-13-4-3-8(11)12-13/h3-4,7H,5-6H2,1-2H3,(H2,11,12). The van der Waals surface area contributed by atoms with E-state index >= 15 is 0 Å². The molecule has 2 N–H and O–H groups in total. The Kier molecular flexibility index (Phi) is 4.50. The zero-order chi connectivity index (χ0) is 12.8. The van der Waals surface area contributed by atoms with Crippen LogP contribution < -0.4 is 5.73 Å². The first-order valence-corrected chi connectivity index (χ1v) is 5.11. The lowest BCUT2D eigenvalue weighted by Gasteiger charge is -2.08. The van der Waals surface area contributed by atoms with Crippen molar-refractivity contribution in [3.8, 4) is 0 Å². The average Bonchev–Trinajstić information content (AvgIpc) is 2.60. The molecule has 0 fully saturated rings. The zero-order valence-corrected chi connectivity index (χ0v) is 9.75. The molecule has 0 saturated carbocycles. The molecule has 7 nitrogen and oxygen atoms in total. The lowest BCUT2D eigenvalue weighted by Crippen LogP contribution is -2.22. The normalized spacial score (nSPS) is 10.3. The smallest absolute Gasteiger partial charge is 0.344 e. The van der Waals surface area contributed by atoms with Gasteiger partial charge in [-0.05, 0) is 19.9 Å². The van der Waals surface area contributed by atoms with Gasteiger partial charge < -0.3 is 15.2 Å². The third-order valence-corrected chi connectivity index (χ3v) is 1.67. The fourth-order valence-electron chi connectivity index (χ4n) is 1.08. The van der Waals surface area contributed by atoms with Crippen LogP contribution in [0.4, 0.5) is 5.82 Å². The van der Waals surface area contributed by atoms with E-state index in [9.17, 15) is 9.59 Å². The molecule has 0 aromatic carbocycles. The van der Waals surface area contributed by atoms with Crippen molar-refractivity contribution >= 4 is 17.8 Å². The molecule has 0 saturated heterocycles. The first kappa shape index (κ1) is 13.0. The van der Waals surface area contributed by atoms with E-state index in [0.717, 1.165) is 0 Å². The molecule has 1 rings (SSSR count). The largest absolute Gasteiger partial charge is 0.460 e. The van der Waals surface area contributed by atoms with E-state index in [1.165, 1.54) is 4.68 Å². The van der Waals surface area contributed by atoms with Crippen LogP contribution in [0, 0.1) is 0 Å². The summed E-state index contributed by atoms with van der Waals surface area (Å²) in [4.78, 5) is 22.4. The molecule has 0 unspecified atom stereocenters. The van der Waals surface area contributed by atoms with Crippen LogP contribution in [0.3, 0.4) is 0 Å². The highest BCUT2D eigenvalue weighted by Crippen LogP contribution is 1.96. The van der Waals surface area contributed by atoms with Crippen molar-refractivity contribution in [1.29, 1.82) is 0 Å². The van der Waals surface area contributed by atoms with Crippen LogP contribution in [0.15, 0.2) is 12.3 Å². The van der Waals surface area contributed by atoms with Gasteiger partial charge in [0.25, 0.3) is 0 Å². The predicted molar refractivity (Wildman–Crippen MR) is 58.8 cm³/mol. The molecule has 0 aliphatic rings. The number of nitrogens with two attached hydrogens (primary N) is 1. The molecule has 0 amide bonds. The molecule has 0 radical (unpaired) electrons. The van der Waals surface area contributed by atoms with Gasteiger partial charge in [-0.3, -0.25) is 9.48 Å². The number of nitrogens with zero attached hydrogens (tertiary/aromatic N) is 2. The van der Waals surface area contributed by atoms with E-state index in [1.54, 1.807) is 26.1 Å². The van der Waals surface area contributed by atoms with Crippen LogP contribution in [0.5, 0.6) is 0 Å². The van der Waals surface area contributed by atoms with Gasteiger partial charge in [-0.15, -0.1) is 0 Å². The summed E-state index contributed by atoms with van der Waals surface area (Å²) in [5.41, 5.74) is 5.37. The molecule has 1 aromatic heterocycles. The van der Waals surface area contributed by atoms with E-state index in [2.05, 4.69) is 5.10 Å². The summed E-state index contributed by atoms with van der Waals surface area (Å²) < 4.78 is 10.8. The number of rotatable bonds is 5. The first-order chi connectivity index (χ1) is 7.97. The second-order valence-electron chi connectivity index (χ2n) is 3.64. The van der Waals surface area contributed by atoms with E-state index in [1.807, 2.05) is 0 Å². The maximum atomic E-state index is 11.3. The molecular formula is C10H15N3O4. The number of carbonyl (C=O) groups is 2. The lowest BCUT2D eigenvalue weighted by molar-refractivity contribution is -0.161. The highest BCUT2D eigenvalue weighted by Gasteiger charge is 2.10. The van der Waals surface area contributed by atoms with Crippen LogP contribution in [0.1, 0.15) is 13.8 Å². The van der Waals surface area contributed by atoms with Gasteiger partial charge in [0.05, 0.1) is 6.10 Å². The Balaban J connectivity index is 2.28. The van der Waals surface area contributed by atoms with Crippen LogP contribution in [0.25, 0.3) is 0 Å². The van der Waals surface area contributed by atoms with E-state index in [-0.39, 0.29) is 12.6 Å². The second-order valence-corrected chi connectivity index (χ2v) is 3.64. The van der Waals surface area contributed by atoms with E-state index in [4.69, 9.17) is 15.2 Å². The fourth-order valence-corrected chi connectivity index (χ4v) is 1.08. The highest BCUT2D eigenvalue weighted by atomic mass is 16.6. The van der Waals surface area contributed by atoms with Crippen molar-refractivity contribution in [3.63, 3.8) is 0 Å². The minimum absolute atomic E-state index is 0.0911. The van der Waals surface area contributed by atoms with Crippen molar-refractivity contribution in [3.05, 3.63) is 12.3 Å². The van der Waals surface area contributed by atoms with E-state index in [0.29, 0.717) is 5.82 Å². The minimum Gasteiger partial charge on any atom is -0.460 e. The minimum atomic E-state index is -0.576. The van der Waals surface area contributed by atoms with Crippen LogP contribution in [-0.4, -0.2) is 34.4 Å². The molecule has 7 heteroatoms. The van der Waals surface area contributed by atoms with Crippen molar-refractivity contribution in [2.45, 2.75) is 26.5 Å². The fraction of sp³-hybridized carbons (Fsp3) is 0.500. The highest BCUT2D eigenvalue weighted by molar-refractivity contribution is 5.76. The Morgan fingerprint density at radius 2 is 2.18 bits per heavy atom. The quantitative estimate of drug-likeness (QED) is 0.726. The van der Waals surface area contributed by atoms with Gasteiger partial charge in [0, 0.05) is 6.20 Å². The maximum absolute atomic E-state index is 11.3. The summed E-state index contributed by atoms with van der Waals surface area (Å²) in [6.07, 6.45) is 1.32. The monoisotopic (exact) mass is 241 g/mol. The number of esters is 2. The van der Waals surface area contributed by atoms with Crippen molar-refractivity contribution < 1.29 is 19.1 Å². The molecule has 1 heterocycles. The second kappa shape index (κ2) is 5.88. The summed E-state index contributed by atoms with van der Waals surface area (Å²) in [7, 11) is 0. The SMILES string of the molecule is CC(C)OC(=O)COC(=O)Cn1ccc(N)n1. The molecule has 0 spiro atoms. The van der Waals surface area contributed by atoms with Gasteiger partial charge in [-0.2, -0.15) is 5.10 Å². The van der Waals surface area contributed by atoms with Crippen LogP contribution in [-0.2, 0) is 25.6 Å². The molecule has 17 heavy (non-hydrogen) atoms. The zero-order valence-electron chi connectivity index (χ0n) is 9.75. The molecule has 0 bridgehead atoms. The lowest BCUT2D eigenvalue weighted by atomic mass is 10.5. The number of nitrogen functional groups attached to an aromatic ring is 1. The van der Waals surface area contributed by atoms with Gasteiger partial charge in [0.1, 0.15) is 12.4 Å². The van der Waals surface area contributed by atoms with Crippen molar-refractivity contribution in [1.82, 2.24) is 9.78 Å². The van der Waals surface area contributed by atoms with Gasteiger partial charge in [0.15, 0.2) is 6.61 Å². The maximum Gasteiger partial charge on any atom is 0.344 e. The van der Waals surface area contributed by atoms with Crippen molar-refractivity contribution in [2.75, 3.05) is 12.3 Å². The Morgan fingerprint density at radius 3 is 2.71 bits per heavy atom. The van der Waals surface area contributed by atoms with Crippen LogP contribution >= 0.6 is 0 Å². The molecule has 0 aliphatic carbocycles. The first-order valence-electron chi connectivity index (χ1n) is 5.11. The number of hydrogen-bond acceptors (Lipinski definition) is 6. The summed E-state index contributed by atoms with van der Waals surface area (Å²) >= 11 is 0. The van der Waals surface area contributed by atoms with E-state index < -0.39 is 18.5 Å². The average molecular weight is 241 g/mol. The third kappa shape index (κ3) is 5.01. The van der Waals surface area contributed by atoms with Crippen LogP contribution in [0.2, 0.25) is 0 Å². The summed E-state index contributed by atoms with van der Waals surface area (Å²) in [5, 5.41) is 3.80. The number of carbonyl (C=O) groups excluding carboxylic acids is 2. The molecule has 94 valence electrons. The Morgan fingerprint density at radius 1 is 1.47 bits per heavy atom. The molecule has 1 aromatic rings. The molecule has 0 atom stereocenters. The third-order valence-electron chi connectivity index (χ3n) is 1.67. The summed E-state index contributed by atoms with van der Waals surface area (Å²) in [6.45, 7) is 2.94. The Labute approximate surface area is 98.5 Å². The Bertz CT molecular complexity index is 400. The van der Waals surface area contributed by atoms with Crippen molar-refractivity contribution in [2.24, 2.45) is 0 Å². The molecule has 0 aliphatic heterocycles. The van der Waals surface area contributed by atoms with Gasteiger partial charge in [-0.1, -0.05) is 0 Å². The number of ether oxygens (including phenoxy) is 2. The number of aromatic nitrogens is 2. The molecular weight excluding hydrogens is 226 g/mol. The Hall–Kier alpha value is -2.05.